The summed E-state index contributed by atoms with van der Waals surface area (Å²) in [6, 6.07) is 16.3. The van der Waals surface area contributed by atoms with Crippen molar-refractivity contribution in [2.24, 2.45) is 0 Å². The monoisotopic (exact) mass is 393 g/mol. The van der Waals surface area contributed by atoms with E-state index in [-0.39, 0.29) is 12.4 Å². The van der Waals surface area contributed by atoms with Gasteiger partial charge in [0.15, 0.2) is 17.1 Å². The molecule has 1 aliphatic heterocycles. The van der Waals surface area contributed by atoms with Gasteiger partial charge < -0.3 is 9.47 Å². The Labute approximate surface area is 172 Å². The van der Waals surface area contributed by atoms with Crippen LogP contribution in [0.3, 0.4) is 0 Å². The van der Waals surface area contributed by atoms with Crippen molar-refractivity contribution in [1.82, 2.24) is 14.5 Å². The highest BCUT2D eigenvalue weighted by atomic mass is 16.7. The Morgan fingerprint density at radius 2 is 1.90 bits per heavy atom. The van der Waals surface area contributed by atoms with Crippen LogP contribution in [-0.4, -0.2) is 21.3 Å². The SMILES string of the molecule is C#Cc1ccc(-n2c(/C=C/c3cccc4c3OCO4)nc3ncccc3c2=O)cc1. The number of para-hydroxylation sites is 1. The Morgan fingerprint density at radius 1 is 1.03 bits per heavy atom. The number of benzene rings is 2. The van der Waals surface area contributed by atoms with Crippen LogP contribution >= 0.6 is 0 Å². The van der Waals surface area contributed by atoms with Gasteiger partial charge in [-0.1, -0.05) is 18.1 Å². The molecule has 3 heterocycles. The molecule has 0 atom stereocenters. The van der Waals surface area contributed by atoms with Gasteiger partial charge in [-0.2, -0.15) is 0 Å². The second kappa shape index (κ2) is 7.22. The molecule has 0 amide bonds. The maximum Gasteiger partial charge on any atom is 0.267 e. The van der Waals surface area contributed by atoms with E-state index in [1.807, 2.05) is 24.3 Å². The van der Waals surface area contributed by atoms with Crippen LogP contribution in [0.2, 0.25) is 0 Å². The molecule has 144 valence electrons. The van der Waals surface area contributed by atoms with Gasteiger partial charge in [0.2, 0.25) is 6.79 Å². The predicted molar refractivity (Wildman–Crippen MR) is 115 cm³/mol. The minimum atomic E-state index is -0.209. The number of hydrogen-bond donors (Lipinski definition) is 0. The van der Waals surface area contributed by atoms with Gasteiger partial charge >= 0.3 is 0 Å². The molecule has 1 aliphatic rings. The van der Waals surface area contributed by atoms with Crippen molar-refractivity contribution in [2.75, 3.05) is 6.79 Å². The molecule has 0 saturated carbocycles. The summed E-state index contributed by atoms with van der Waals surface area (Å²) >= 11 is 0. The van der Waals surface area contributed by atoms with Crippen LogP contribution < -0.4 is 15.0 Å². The number of pyridine rings is 1. The number of nitrogens with zero attached hydrogens (tertiary/aromatic N) is 3. The minimum absolute atomic E-state index is 0.185. The van der Waals surface area contributed by atoms with Crippen LogP contribution in [0, 0.1) is 12.3 Å². The van der Waals surface area contributed by atoms with Gasteiger partial charge in [0.25, 0.3) is 5.56 Å². The molecule has 5 rings (SSSR count). The molecule has 0 unspecified atom stereocenters. The first-order valence-corrected chi connectivity index (χ1v) is 9.26. The van der Waals surface area contributed by atoms with E-state index in [1.165, 1.54) is 0 Å². The van der Waals surface area contributed by atoms with E-state index < -0.39 is 0 Å². The van der Waals surface area contributed by atoms with Crippen LogP contribution in [0.15, 0.2) is 65.6 Å². The van der Waals surface area contributed by atoms with Gasteiger partial charge in [0.1, 0.15) is 5.82 Å². The van der Waals surface area contributed by atoms with Gasteiger partial charge in [-0.25, -0.2) is 9.97 Å². The fourth-order valence-corrected chi connectivity index (χ4v) is 3.35. The van der Waals surface area contributed by atoms with Crippen LogP contribution in [0.5, 0.6) is 11.5 Å². The lowest BCUT2D eigenvalue weighted by molar-refractivity contribution is 0.174. The maximum absolute atomic E-state index is 13.3. The fourth-order valence-electron chi connectivity index (χ4n) is 3.35. The molecule has 0 radical (unpaired) electrons. The molecule has 30 heavy (non-hydrogen) atoms. The van der Waals surface area contributed by atoms with Crippen LogP contribution in [0.1, 0.15) is 17.0 Å². The Morgan fingerprint density at radius 3 is 2.73 bits per heavy atom. The highest BCUT2D eigenvalue weighted by Gasteiger charge is 2.16. The van der Waals surface area contributed by atoms with E-state index in [2.05, 4.69) is 15.9 Å². The van der Waals surface area contributed by atoms with Crippen molar-refractivity contribution < 1.29 is 9.47 Å². The second-order valence-corrected chi connectivity index (χ2v) is 6.59. The summed E-state index contributed by atoms with van der Waals surface area (Å²) in [5.41, 5.74) is 2.40. The maximum atomic E-state index is 13.3. The second-order valence-electron chi connectivity index (χ2n) is 6.59. The molecule has 6 heteroatoms. The Bertz CT molecular complexity index is 1400. The quantitative estimate of drug-likeness (QED) is 0.497. The van der Waals surface area contributed by atoms with Crippen LogP contribution in [0.25, 0.3) is 28.9 Å². The first-order valence-electron chi connectivity index (χ1n) is 9.26. The van der Waals surface area contributed by atoms with Gasteiger partial charge in [-0.05, 0) is 54.6 Å². The molecule has 0 spiro atoms. The Balaban J connectivity index is 1.70. The standard InChI is InChI=1S/C24H15N3O3/c1-2-16-8-11-18(12-9-16)27-21(26-23-19(24(27)28)6-4-14-25-23)13-10-17-5-3-7-20-22(17)30-15-29-20/h1,3-14H,15H2/b13-10+. The largest absolute Gasteiger partial charge is 0.454 e. The highest BCUT2D eigenvalue weighted by molar-refractivity contribution is 5.78. The van der Waals surface area contributed by atoms with Gasteiger partial charge in [0, 0.05) is 17.3 Å². The minimum Gasteiger partial charge on any atom is -0.454 e. The highest BCUT2D eigenvalue weighted by Crippen LogP contribution is 2.36. The molecular weight excluding hydrogens is 378 g/mol. The smallest absolute Gasteiger partial charge is 0.267 e. The van der Waals surface area contributed by atoms with Crippen LogP contribution in [-0.2, 0) is 0 Å². The van der Waals surface area contributed by atoms with E-state index >= 15 is 0 Å². The molecule has 0 bridgehead atoms. The third-order valence-corrected chi connectivity index (χ3v) is 4.80. The van der Waals surface area contributed by atoms with E-state index in [0.29, 0.717) is 34.0 Å². The number of fused-ring (bicyclic) bond motifs is 2. The molecule has 2 aromatic heterocycles. The van der Waals surface area contributed by atoms with Crippen molar-refractivity contribution in [2.45, 2.75) is 0 Å². The molecule has 2 aromatic carbocycles. The average Bonchev–Trinajstić information content (AvgIpc) is 3.27. The van der Waals surface area contributed by atoms with E-state index in [4.69, 9.17) is 15.9 Å². The molecule has 4 aromatic rings. The predicted octanol–water partition coefficient (Wildman–Crippen LogP) is 3.66. The third-order valence-electron chi connectivity index (χ3n) is 4.80. The summed E-state index contributed by atoms with van der Waals surface area (Å²) in [7, 11) is 0. The summed E-state index contributed by atoms with van der Waals surface area (Å²) in [6.45, 7) is 0.185. The van der Waals surface area contributed by atoms with Crippen molar-refractivity contribution in [3.63, 3.8) is 0 Å². The van der Waals surface area contributed by atoms with Gasteiger partial charge in [-0.3, -0.25) is 9.36 Å². The Kier molecular flexibility index (Phi) is 4.26. The topological polar surface area (TPSA) is 66.2 Å². The number of hydrogen-bond acceptors (Lipinski definition) is 5. The lowest BCUT2D eigenvalue weighted by Gasteiger charge is -2.11. The number of rotatable bonds is 3. The number of aromatic nitrogens is 3. The zero-order valence-corrected chi connectivity index (χ0v) is 15.8. The first-order chi connectivity index (χ1) is 14.7. The zero-order chi connectivity index (χ0) is 20.5. The molecular formula is C24H15N3O3. The van der Waals surface area contributed by atoms with Crippen molar-refractivity contribution in [3.05, 3.63) is 88.1 Å². The molecule has 0 fully saturated rings. The zero-order valence-electron chi connectivity index (χ0n) is 15.8. The van der Waals surface area contributed by atoms with Crippen molar-refractivity contribution >= 4 is 23.2 Å². The summed E-state index contributed by atoms with van der Waals surface area (Å²) in [6.07, 6.45) is 10.7. The summed E-state index contributed by atoms with van der Waals surface area (Å²) in [5, 5.41) is 0.438. The normalized spacial score (nSPS) is 12.4. The van der Waals surface area contributed by atoms with Gasteiger partial charge in [0.05, 0.1) is 11.1 Å². The average molecular weight is 393 g/mol. The third kappa shape index (κ3) is 2.99. The van der Waals surface area contributed by atoms with E-state index in [0.717, 1.165) is 11.1 Å². The summed E-state index contributed by atoms with van der Waals surface area (Å²) in [5.74, 6) is 4.38. The first kappa shape index (κ1) is 17.7. The van der Waals surface area contributed by atoms with E-state index in [1.54, 1.807) is 53.2 Å². The van der Waals surface area contributed by atoms with Gasteiger partial charge in [-0.15, -0.1) is 6.42 Å². The molecule has 0 aliphatic carbocycles. The summed E-state index contributed by atoms with van der Waals surface area (Å²) in [4.78, 5) is 22.1. The lowest BCUT2D eigenvalue weighted by atomic mass is 10.1. The number of terminal acetylenes is 1. The van der Waals surface area contributed by atoms with Crippen molar-refractivity contribution in [3.8, 4) is 29.5 Å². The lowest BCUT2D eigenvalue weighted by Crippen LogP contribution is -2.22. The van der Waals surface area contributed by atoms with Crippen LogP contribution in [0.4, 0.5) is 0 Å². The van der Waals surface area contributed by atoms with Crippen molar-refractivity contribution in [1.29, 1.82) is 0 Å². The Hall–Kier alpha value is -4.37. The molecule has 0 saturated heterocycles. The van der Waals surface area contributed by atoms with E-state index in [9.17, 15) is 4.79 Å². The molecule has 6 nitrogen and oxygen atoms in total. The summed E-state index contributed by atoms with van der Waals surface area (Å²) < 4.78 is 12.5. The molecule has 0 N–H and O–H groups in total. The number of ether oxygens (including phenoxy) is 2. The fraction of sp³-hybridized carbons (Fsp3) is 0.0417.